The van der Waals surface area contributed by atoms with Crippen LogP contribution in [0.1, 0.15) is 0 Å². The highest BCUT2D eigenvalue weighted by Gasteiger charge is 2.12. The molecule has 68 heavy (non-hydrogen) atoms. The molecule has 0 radical (unpaired) electrons. The SMILES string of the molecule is Clc1nc2ccccc2nc1-n1ccc(-c2ccccc2)n1.Clc1nc2ccccc2nc1Cl.N.Nc1nc2ccccc2nc1-n1ccc(-c2ccccc2)n1.c1ccc(-c2ccn[nH]2)cc1. The number of nitrogens with two attached hydrogens (primary N) is 1. The Labute approximate surface area is 404 Å². The Hall–Kier alpha value is -8.40. The van der Waals surface area contributed by atoms with E-state index in [0.717, 1.165) is 61.3 Å². The Bertz CT molecular complexity index is 3340. The molecule has 6 aromatic heterocycles. The van der Waals surface area contributed by atoms with Gasteiger partial charge in [0.15, 0.2) is 32.9 Å². The molecule has 14 nitrogen and oxygen atoms in total. The average Bonchev–Trinajstić information content (AvgIpc) is 4.20. The van der Waals surface area contributed by atoms with E-state index < -0.39 is 0 Å². The number of anilines is 1. The van der Waals surface area contributed by atoms with Crippen molar-refractivity contribution in [2.45, 2.75) is 0 Å². The van der Waals surface area contributed by atoms with Crippen molar-refractivity contribution in [3.8, 4) is 45.4 Å². The van der Waals surface area contributed by atoms with Gasteiger partial charge >= 0.3 is 0 Å². The van der Waals surface area contributed by atoms with Gasteiger partial charge in [-0.1, -0.05) is 162 Å². The monoisotopic (exact) mass is 952 g/mol. The number of hydrogen-bond donors (Lipinski definition) is 3. The molecule has 6 heterocycles. The summed E-state index contributed by atoms with van der Waals surface area (Å²) in [5.74, 6) is 1.44. The summed E-state index contributed by atoms with van der Waals surface area (Å²) in [6.07, 6.45) is 5.44. The summed E-state index contributed by atoms with van der Waals surface area (Å²) < 4.78 is 3.32. The summed E-state index contributed by atoms with van der Waals surface area (Å²) >= 11 is 17.6. The van der Waals surface area contributed by atoms with Crippen molar-refractivity contribution in [1.29, 1.82) is 0 Å². The summed E-state index contributed by atoms with van der Waals surface area (Å²) in [6, 6.07) is 58.6. The van der Waals surface area contributed by atoms with Gasteiger partial charge in [-0.15, -0.1) is 0 Å². The molecule has 0 fully saturated rings. The molecule has 17 heteroatoms. The van der Waals surface area contributed by atoms with Crippen LogP contribution >= 0.6 is 34.8 Å². The Morgan fingerprint density at radius 2 is 0.750 bits per heavy atom. The van der Waals surface area contributed by atoms with Gasteiger partial charge in [0.1, 0.15) is 0 Å². The lowest BCUT2D eigenvalue weighted by molar-refractivity contribution is 0.850. The molecule has 0 amide bonds. The summed E-state index contributed by atoms with van der Waals surface area (Å²) in [7, 11) is 0. The van der Waals surface area contributed by atoms with Gasteiger partial charge in [-0.05, 0) is 60.2 Å². The van der Waals surface area contributed by atoms with E-state index in [0.29, 0.717) is 22.6 Å². The molecule has 6 aromatic carbocycles. The first kappa shape index (κ1) is 46.1. The molecular formula is C51H39Cl3N14. The number of aromatic nitrogens is 12. The fourth-order valence-corrected chi connectivity index (χ4v) is 7.18. The number of benzene rings is 6. The van der Waals surface area contributed by atoms with Crippen LogP contribution in [0, 0.1) is 0 Å². The van der Waals surface area contributed by atoms with E-state index in [-0.39, 0.29) is 16.5 Å². The van der Waals surface area contributed by atoms with Crippen LogP contribution in [-0.2, 0) is 0 Å². The van der Waals surface area contributed by atoms with Crippen molar-refractivity contribution in [1.82, 2.24) is 65.8 Å². The molecule has 0 saturated heterocycles. The van der Waals surface area contributed by atoms with Crippen LogP contribution < -0.4 is 11.9 Å². The number of fused-ring (bicyclic) bond motifs is 3. The maximum Gasteiger partial charge on any atom is 0.197 e. The van der Waals surface area contributed by atoms with E-state index in [1.807, 2.05) is 194 Å². The second-order valence-corrected chi connectivity index (χ2v) is 15.5. The Morgan fingerprint density at radius 3 is 1.19 bits per heavy atom. The molecule has 0 spiro atoms. The third-order valence-electron chi connectivity index (χ3n) is 9.92. The Balaban J connectivity index is 0.000000127. The largest absolute Gasteiger partial charge is 0.381 e. The molecule has 0 bridgehead atoms. The first-order valence-corrected chi connectivity index (χ1v) is 21.8. The number of rotatable bonds is 5. The molecule has 12 rings (SSSR count). The number of para-hydroxylation sites is 6. The van der Waals surface area contributed by atoms with Crippen LogP contribution in [0.25, 0.3) is 78.5 Å². The van der Waals surface area contributed by atoms with Gasteiger partial charge < -0.3 is 11.9 Å². The van der Waals surface area contributed by atoms with E-state index in [4.69, 9.17) is 40.5 Å². The number of halogens is 3. The van der Waals surface area contributed by atoms with Crippen LogP contribution in [-0.4, -0.2) is 59.7 Å². The van der Waals surface area contributed by atoms with Crippen molar-refractivity contribution >= 4 is 73.7 Å². The lowest BCUT2D eigenvalue weighted by Crippen LogP contribution is -2.06. The predicted molar refractivity (Wildman–Crippen MR) is 272 cm³/mol. The maximum absolute atomic E-state index is 6.26. The zero-order valence-electron chi connectivity index (χ0n) is 35.9. The van der Waals surface area contributed by atoms with E-state index in [1.165, 1.54) is 5.56 Å². The van der Waals surface area contributed by atoms with Crippen molar-refractivity contribution in [3.05, 3.63) is 216 Å². The van der Waals surface area contributed by atoms with Gasteiger partial charge in [0.05, 0.1) is 50.2 Å². The van der Waals surface area contributed by atoms with Gasteiger partial charge in [-0.25, -0.2) is 39.3 Å². The highest BCUT2D eigenvalue weighted by atomic mass is 35.5. The highest BCUT2D eigenvalue weighted by Crippen LogP contribution is 2.25. The second-order valence-electron chi connectivity index (χ2n) is 14.4. The zero-order chi connectivity index (χ0) is 46.0. The second kappa shape index (κ2) is 21.7. The minimum atomic E-state index is 0. The summed E-state index contributed by atoms with van der Waals surface area (Å²) in [4.78, 5) is 26.0. The first-order valence-electron chi connectivity index (χ1n) is 20.7. The van der Waals surface area contributed by atoms with Crippen LogP contribution in [0.5, 0.6) is 0 Å². The summed E-state index contributed by atoms with van der Waals surface area (Å²) in [5.41, 5.74) is 16.7. The molecule has 0 saturated carbocycles. The fourth-order valence-electron chi connectivity index (χ4n) is 6.69. The Morgan fingerprint density at radius 1 is 0.382 bits per heavy atom. The molecule has 0 aliphatic heterocycles. The van der Waals surface area contributed by atoms with Gasteiger partial charge in [0.25, 0.3) is 0 Å². The highest BCUT2D eigenvalue weighted by molar-refractivity contribution is 6.40. The van der Waals surface area contributed by atoms with Crippen molar-refractivity contribution in [3.63, 3.8) is 0 Å². The zero-order valence-corrected chi connectivity index (χ0v) is 38.2. The van der Waals surface area contributed by atoms with E-state index in [9.17, 15) is 0 Å². The third-order valence-corrected chi connectivity index (χ3v) is 10.8. The van der Waals surface area contributed by atoms with E-state index >= 15 is 0 Å². The average molecular weight is 954 g/mol. The number of hydrogen-bond acceptors (Lipinski definition) is 11. The standard InChI is InChI=1S/C17H11ClN4.C17H13N5.C9H8N2.C8H4Cl2N2.H3N/c2*18-16-17(20-15-9-5-4-8-14(15)19-16)22-11-10-13(21-22)12-6-2-1-3-7-12;1-2-4-8(5-3-1)9-6-7-10-11-9;9-7-8(10)12-6-4-2-1-3-5(6)11-7;/h1-11H;1-11H,(H2,18,19);1-7H,(H,10,11);1-4H;1H3. The molecule has 0 aliphatic carbocycles. The molecule has 6 N–H and O–H groups in total. The normalized spacial score (nSPS) is 10.5. The van der Waals surface area contributed by atoms with Gasteiger partial charge in [-0.3, -0.25) is 5.10 Å². The third kappa shape index (κ3) is 11.0. The molecule has 334 valence electrons. The number of aromatic amines is 1. The smallest absolute Gasteiger partial charge is 0.197 e. The van der Waals surface area contributed by atoms with Crippen LogP contribution in [0.4, 0.5) is 5.82 Å². The molecule has 12 aromatic rings. The topological polar surface area (TPSA) is 203 Å². The van der Waals surface area contributed by atoms with Crippen molar-refractivity contribution in [2.75, 3.05) is 5.73 Å². The minimum absolute atomic E-state index is 0. The number of H-pyrrole nitrogens is 1. The van der Waals surface area contributed by atoms with E-state index in [2.05, 4.69) is 50.3 Å². The molecule has 0 unspecified atom stereocenters. The lowest BCUT2D eigenvalue weighted by atomic mass is 10.2. The quantitative estimate of drug-likeness (QED) is 0.148. The number of nitrogens with one attached hydrogen (secondary N) is 1. The molecule has 0 aliphatic rings. The predicted octanol–water partition coefficient (Wildman–Crippen LogP) is 12.4. The lowest BCUT2D eigenvalue weighted by Gasteiger charge is -2.05. The molecule has 0 atom stereocenters. The first-order chi connectivity index (χ1) is 32.9. The fraction of sp³-hybridized carbons (Fsp3) is 0. The van der Waals surface area contributed by atoms with Crippen molar-refractivity contribution < 1.29 is 0 Å². The van der Waals surface area contributed by atoms with Gasteiger partial charge in [0.2, 0.25) is 0 Å². The maximum atomic E-state index is 6.26. The van der Waals surface area contributed by atoms with E-state index in [1.54, 1.807) is 15.6 Å². The molecular weight excluding hydrogens is 915 g/mol. The summed E-state index contributed by atoms with van der Waals surface area (Å²) in [6.45, 7) is 0. The summed E-state index contributed by atoms with van der Waals surface area (Å²) in [5, 5.41) is 16.7. The van der Waals surface area contributed by atoms with Gasteiger partial charge in [0, 0.05) is 29.7 Å². The minimum Gasteiger partial charge on any atom is -0.381 e. The van der Waals surface area contributed by atoms with Crippen molar-refractivity contribution in [2.24, 2.45) is 0 Å². The number of nitrogens with zero attached hydrogens (tertiary/aromatic N) is 11. The van der Waals surface area contributed by atoms with Crippen LogP contribution in [0.15, 0.2) is 201 Å². The Kier molecular flexibility index (Phi) is 14.7. The van der Waals surface area contributed by atoms with Crippen LogP contribution in [0.3, 0.4) is 0 Å². The van der Waals surface area contributed by atoms with Gasteiger partial charge in [-0.2, -0.15) is 15.3 Å². The van der Waals surface area contributed by atoms with Crippen LogP contribution in [0.2, 0.25) is 15.5 Å². The number of nitrogen functional groups attached to an aromatic ring is 1.